The van der Waals surface area contributed by atoms with E-state index < -0.39 is 5.91 Å². The van der Waals surface area contributed by atoms with Gasteiger partial charge >= 0.3 is 0 Å². The van der Waals surface area contributed by atoms with Gasteiger partial charge in [0.25, 0.3) is 0 Å². The summed E-state index contributed by atoms with van der Waals surface area (Å²) in [4.78, 5) is 34.7. The van der Waals surface area contributed by atoms with Crippen molar-refractivity contribution in [3.63, 3.8) is 0 Å². The fourth-order valence-electron chi connectivity index (χ4n) is 1.42. The summed E-state index contributed by atoms with van der Waals surface area (Å²) in [5.74, 6) is -1.02. The van der Waals surface area contributed by atoms with Crippen molar-refractivity contribution >= 4 is 17.5 Å². The van der Waals surface area contributed by atoms with Gasteiger partial charge in [-0.15, -0.1) is 0 Å². The van der Waals surface area contributed by atoms with Crippen LogP contribution in [0.15, 0.2) is 35.1 Å². The van der Waals surface area contributed by atoms with Gasteiger partial charge in [-0.1, -0.05) is 6.58 Å². The zero-order valence-corrected chi connectivity index (χ0v) is 9.51. The molecule has 0 aromatic rings. The monoisotopic (exact) mass is 219 g/mol. The predicted molar refractivity (Wildman–Crippen MR) is 59.4 cm³/mol. The van der Waals surface area contributed by atoms with Crippen molar-refractivity contribution in [2.24, 2.45) is 0 Å². The molecule has 0 saturated carbocycles. The van der Waals surface area contributed by atoms with Crippen molar-refractivity contribution in [2.45, 2.75) is 20.8 Å². The van der Waals surface area contributed by atoms with Crippen LogP contribution in [0.2, 0.25) is 0 Å². The van der Waals surface area contributed by atoms with Crippen LogP contribution in [-0.2, 0) is 14.4 Å². The molecule has 0 atom stereocenters. The molecule has 84 valence electrons. The lowest BCUT2D eigenvalue weighted by Gasteiger charge is -2.18. The third-order valence-electron chi connectivity index (χ3n) is 2.62. The summed E-state index contributed by atoms with van der Waals surface area (Å²) in [6.07, 6.45) is 1.05. The normalized spacial score (nSPS) is 16.7. The summed E-state index contributed by atoms with van der Waals surface area (Å²) in [6.45, 7) is 7.98. The Morgan fingerprint density at radius 1 is 1.06 bits per heavy atom. The molecule has 0 fully saturated rings. The van der Waals surface area contributed by atoms with Crippen LogP contribution in [0.25, 0.3) is 0 Å². The fourth-order valence-corrected chi connectivity index (χ4v) is 1.42. The first-order valence-electron chi connectivity index (χ1n) is 4.81. The second-order valence-electron chi connectivity index (χ2n) is 3.60. The first kappa shape index (κ1) is 12.1. The van der Waals surface area contributed by atoms with Gasteiger partial charge in [-0.05, 0) is 26.8 Å². The van der Waals surface area contributed by atoms with Crippen LogP contribution in [0.1, 0.15) is 20.8 Å². The lowest BCUT2D eigenvalue weighted by Crippen LogP contribution is -2.32. The minimum atomic E-state index is -0.497. The number of nitrogens with one attached hydrogen (secondary N) is 1. The quantitative estimate of drug-likeness (QED) is 0.557. The zero-order chi connectivity index (χ0) is 12.5. The molecule has 4 heteroatoms. The molecule has 1 amide bonds. The molecular weight excluding hydrogens is 206 g/mol. The Bertz CT molecular complexity index is 467. The second-order valence-corrected chi connectivity index (χ2v) is 3.60. The Labute approximate surface area is 93.7 Å². The predicted octanol–water partition coefficient (Wildman–Crippen LogP) is 1.05. The molecule has 1 aliphatic carbocycles. The minimum absolute atomic E-state index is 0.0537. The highest BCUT2D eigenvalue weighted by molar-refractivity contribution is 6.25. The number of hydrogen-bond donors (Lipinski definition) is 1. The van der Waals surface area contributed by atoms with E-state index in [2.05, 4.69) is 11.9 Å². The summed E-state index contributed by atoms with van der Waals surface area (Å²) in [5.41, 5.74) is 1.12. The van der Waals surface area contributed by atoms with Crippen LogP contribution in [0.3, 0.4) is 0 Å². The Morgan fingerprint density at radius 3 is 2.06 bits per heavy atom. The number of Topliss-reactive ketones (excluding diaryl/α,β-unsaturated/α-hetero) is 2. The van der Waals surface area contributed by atoms with Gasteiger partial charge < -0.3 is 5.32 Å². The molecule has 1 aliphatic rings. The van der Waals surface area contributed by atoms with Gasteiger partial charge in [-0.3, -0.25) is 14.4 Å². The standard InChI is InChI=1S/C12H13NO3/c1-5-9(14)13-10-8(4)11(15)6(2)7(3)12(10)16/h5H,1H2,2-4H3,(H,13,14). The molecule has 16 heavy (non-hydrogen) atoms. The van der Waals surface area contributed by atoms with Crippen LogP contribution in [0, 0.1) is 0 Å². The van der Waals surface area contributed by atoms with Crippen LogP contribution >= 0.6 is 0 Å². The minimum Gasteiger partial charge on any atom is -0.319 e. The molecular formula is C12H13NO3. The number of amides is 1. The van der Waals surface area contributed by atoms with Crippen molar-refractivity contribution in [1.29, 1.82) is 0 Å². The maximum Gasteiger partial charge on any atom is 0.247 e. The Morgan fingerprint density at radius 2 is 1.56 bits per heavy atom. The Hall–Kier alpha value is -1.97. The van der Waals surface area contributed by atoms with Crippen LogP contribution in [-0.4, -0.2) is 17.5 Å². The molecule has 0 radical (unpaired) electrons. The molecule has 0 spiro atoms. The smallest absolute Gasteiger partial charge is 0.247 e. The van der Waals surface area contributed by atoms with E-state index in [1.54, 1.807) is 13.8 Å². The van der Waals surface area contributed by atoms with Crippen molar-refractivity contribution in [3.8, 4) is 0 Å². The highest BCUT2D eigenvalue weighted by atomic mass is 16.2. The fraction of sp³-hybridized carbons (Fsp3) is 0.250. The van der Waals surface area contributed by atoms with Crippen molar-refractivity contribution in [3.05, 3.63) is 35.1 Å². The number of ketones is 2. The number of allylic oxidation sites excluding steroid dienone is 3. The first-order chi connectivity index (χ1) is 7.40. The molecule has 1 rings (SSSR count). The second kappa shape index (κ2) is 4.26. The number of carbonyl (C=O) groups excluding carboxylic acids is 3. The molecule has 0 unspecified atom stereocenters. The van der Waals surface area contributed by atoms with Gasteiger partial charge in [0, 0.05) is 16.7 Å². The highest BCUT2D eigenvalue weighted by Crippen LogP contribution is 2.22. The third-order valence-corrected chi connectivity index (χ3v) is 2.62. The largest absolute Gasteiger partial charge is 0.319 e. The SMILES string of the molecule is C=CC(=O)NC1=C(C)C(=O)C(C)=C(C)C1=O. The van der Waals surface area contributed by atoms with Crippen LogP contribution in [0.5, 0.6) is 0 Å². The Kier molecular flexibility index (Phi) is 3.22. The number of hydrogen-bond acceptors (Lipinski definition) is 3. The van der Waals surface area contributed by atoms with E-state index in [1.165, 1.54) is 6.92 Å². The molecule has 0 bridgehead atoms. The van der Waals surface area contributed by atoms with E-state index in [4.69, 9.17) is 0 Å². The average molecular weight is 219 g/mol. The van der Waals surface area contributed by atoms with Crippen molar-refractivity contribution < 1.29 is 14.4 Å². The van der Waals surface area contributed by atoms with E-state index in [-0.39, 0.29) is 22.8 Å². The van der Waals surface area contributed by atoms with Crippen LogP contribution < -0.4 is 5.32 Å². The first-order valence-corrected chi connectivity index (χ1v) is 4.81. The maximum atomic E-state index is 11.8. The van der Waals surface area contributed by atoms with Gasteiger partial charge in [0.1, 0.15) is 0 Å². The van der Waals surface area contributed by atoms with E-state index >= 15 is 0 Å². The third kappa shape index (κ3) is 1.86. The summed E-state index contributed by atoms with van der Waals surface area (Å²) in [6, 6.07) is 0. The molecule has 4 nitrogen and oxygen atoms in total. The molecule has 0 aliphatic heterocycles. The highest BCUT2D eigenvalue weighted by Gasteiger charge is 2.28. The van der Waals surface area contributed by atoms with E-state index in [0.717, 1.165) is 6.08 Å². The zero-order valence-electron chi connectivity index (χ0n) is 9.51. The van der Waals surface area contributed by atoms with Gasteiger partial charge in [0.2, 0.25) is 11.7 Å². The van der Waals surface area contributed by atoms with Gasteiger partial charge in [0.15, 0.2) is 5.78 Å². The van der Waals surface area contributed by atoms with Gasteiger partial charge in [0.05, 0.1) is 5.70 Å². The topological polar surface area (TPSA) is 63.2 Å². The molecule has 1 N–H and O–H groups in total. The molecule has 0 aromatic heterocycles. The average Bonchev–Trinajstić information content (AvgIpc) is 2.29. The van der Waals surface area contributed by atoms with E-state index in [9.17, 15) is 14.4 Å². The lowest BCUT2D eigenvalue weighted by atomic mass is 9.89. The molecule has 0 heterocycles. The maximum absolute atomic E-state index is 11.8. The molecule has 0 saturated heterocycles. The summed E-state index contributed by atoms with van der Waals surface area (Å²) in [5, 5.41) is 2.37. The Balaban J connectivity index is 3.19. The molecule has 0 aromatic carbocycles. The summed E-state index contributed by atoms with van der Waals surface area (Å²) in [7, 11) is 0. The van der Waals surface area contributed by atoms with Crippen molar-refractivity contribution in [1.82, 2.24) is 5.32 Å². The van der Waals surface area contributed by atoms with Gasteiger partial charge in [-0.25, -0.2) is 0 Å². The number of rotatable bonds is 2. The number of carbonyl (C=O) groups is 3. The van der Waals surface area contributed by atoms with Crippen molar-refractivity contribution in [2.75, 3.05) is 0 Å². The van der Waals surface area contributed by atoms with E-state index in [1.807, 2.05) is 0 Å². The van der Waals surface area contributed by atoms with E-state index in [0.29, 0.717) is 11.1 Å². The summed E-state index contributed by atoms with van der Waals surface area (Å²) >= 11 is 0. The summed E-state index contributed by atoms with van der Waals surface area (Å²) < 4.78 is 0. The lowest BCUT2D eigenvalue weighted by molar-refractivity contribution is -0.119. The van der Waals surface area contributed by atoms with Crippen LogP contribution in [0.4, 0.5) is 0 Å². The van der Waals surface area contributed by atoms with Gasteiger partial charge in [-0.2, -0.15) is 0 Å².